The average Bonchev–Trinajstić information content (AvgIpc) is 2.67. The molecule has 0 saturated heterocycles. The van der Waals surface area contributed by atoms with Gasteiger partial charge in [0, 0.05) is 12.6 Å². The van der Waals surface area contributed by atoms with E-state index < -0.39 is 0 Å². The summed E-state index contributed by atoms with van der Waals surface area (Å²) in [6, 6.07) is 3.10. The molecule has 0 aliphatic heterocycles. The minimum atomic E-state index is -0.345. The molecule has 0 bridgehead atoms. The zero-order chi connectivity index (χ0) is 12.3. The Kier molecular flexibility index (Phi) is 3.53. The van der Waals surface area contributed by atoms with E-state index in [0.717, 1.165) is 12.8 Å². The zero-order valence-corrected chi connectivity index (χ0v) is 9.60. The van der Waals surface area contributed by atoms with Crippen molar-refractivity contribution in [1.29, 1.82) is 0 Å². The second-order valence-corrected chi connectivity index (χ2v) is 4.00. The highest BCUT2D eigenvalue weighted by molar-refractivity contribution is 5.43. The molecule has 2 rings (SSSR count). The second kappa shape index (κ2) is 5.09. The van der Waals surface area contributed by atoms with Gasteiger partial charge in [0.2, 0.25) is 5.95 Å². The predicted molar refractivity (Wildman–Crippen MR) is 62.3 cm³/mol. The number of hydrogen-bond donors (Lipinski definition) is 2. The maximum Gasteiger partial charge on any atom is 0.243 e. The Hall–Kier alpha value is -1.69. The molecule has 0 aliphatic carbocycles. The number of anilines is 1. The van der Waals surface area contributed by atoms with Crippen molar-refractivity contribution in [2.24, 2.45) is 0 Å². The molecule has 0 saturated carbocycles. The molecular weight excluding hydrogens is 223 g/mol. The highest BCUT2D eigenvalue weighted by Gasteiger charge is 2.07. The van der Waals surface area contributed by atoms with Crippen LogP contribution in [0.25, 0.3) is 5.65 Å². The summed E-state index contributed by atoms with van der Waals surface area (Å²) in [5.41, 5.74) is 0.600. The second-order valence-electron chi connectivity index (χ2n) is 4.00. The molecule has 2 aromatic heterocycles. The van der Waals surface area contributed by atoms with Crippen LogP contribution in [-0.4, -0.2) is 32.4 Å². The summed E-state index contributed by atoms with van der Waals surface area (Å²) in [5.74, 6) is 0.128. The van der Waals surface area contributed by atoms with Gasteiger partial charge in [-0.2, -0.15) is 4.98 Å². The van der Waals surface area contributed by atoms with Gasteiger partial charge >= 0.3 is 0 Å². The third-order valence-electron chi connectivity index (χ3n) is 2.47. The van der Waals surface area contributed by atoms with E-state index >= 15 is 0 Å². The van der Waals surface area contributed by atoms with E-state index in [1.54, 1.807) is 6.07 Å². The van der Waals surface area contributed by atoms with E-state index in [1.807, 2.05) is 6.92 Å². The van der Waals surface area contributed by atoms with Gasteiger partial charge in [0.1, 0.15) is 5.82 Å². The Labute approximate surface area is 98.3 Å². The standard InChI is InChI=1S/C11H15FN4O/c1-8(3-2-6-17)13-11-14-10-5-4-9(12)7-16(10)15-11/h4-5,7-8,17H,2-3,6H2,1H3,(H,13,15). The van der Waals surface area contributed by atoms with Crippen molar-refractivity contribution in [1.82, 2.24) is 14.6 Å². The third-order valence-corrected chi connectivity index (χ3v) is 2.47. The fourth-order valence-electron chi connectivity index (χ4n) is 1.61. The molecular formula is C11H15FN4O. The van der Waals surface area contributed by atoms with Crippen LogP contribution in [0.3, 0.4) is 0 Å². The highest BCUT2D eigenvalue weighted by Crippen LogP contribution is 2.09. The van der Waals surface area contributed by atoms with Gasteiger partial charge in [0.15, 0.2) is 5.65 Å². The summed E-state index contributed by atoms with van der Waals surface area (Å²) in [6.07, 6.45) is 2.85. The molecule has 1 atom stereocenters. The van der Waals surface area contributed by atoms with Crippen LogP contribution >= 0.6 is 0 Å². The topological polar surface area (TPSA) is 62.5 Å². The van der Waals surface area contributed by atoms with Crippen LogP contribution < -0.4 is 5.32 Å². The first-order valence-electron chi connectivity index (χ1n) is 5.58. The van der Waals surface area contributed by atoms with Crippen molar-refractivity contribution in [3.05, 3.63) is 24.1 Å². The fraction of sp³-hybridized carbons (Fsp3) is 0.455. The highest BCUT2D eigenvalue weighted by atomic mass is 19.1. The molecule has 1 unspecified atom stereocenters. The molecule has 0 aromatic carbocycles. The average molecular weight is 238 g/mol. The van der Waals surface area contributed by atoms with Gasteiger partial charge in [-0.1, -0.05) is 0 Å². The summed E-state index contributed by atoms with van der Waals surface area (Å²) in [7, 11) is 0. The molecule has 0 radical (unpaired) electrons. The smallest absolute Gasteiger partial charge is 0.243 e. The van der Waals surface area contributed by atoms with Gasteiger partial charge < -0.3 is 10.4 Å². The SMILES string of the molecule is CC(CCCO)Nc1nc2ccc(F)cn2n1. The molecule has 6 heteroatoms. The Morgan fingerprint density at radius 3 is 3.12 bits per heavy atom. The maximum absolute atomic E-state index is 12.9. The van der Waals surface area contributed by atoms with E-state index in [9.17, 15) is 4.39 Å². The normalized spacial score (nSPS) is 12.9. The van der Waals surface area contributed by atoms with Crippen molar-refractivity contribution in [3.8, 4) is 0 Å². The lowest BCUT2D eigenvalue weighted by atomic mass is 10.2. The fourth-order valence-corrected chi connectivity index (χ4v) is 1.61. The molecule has 0 amide bonds. The van der Waals surface area contributed by atoms with E-state index in [0.29, 0.717) is 11.6 Å². The number of aliphatic hydroxyl groups excluding tert-OH is 1. The van der Waals surface area contributed by atoms with Crippen molar-refractivity contribution in [2.45, 2.75) is 25.8 Å². The lowest BCUT2D eigenvalue weighted by Gasteiger charge is -2.10. The summed E-state index contributed by atoms with van der Waals surface area (Å²) in [5, 5.41) is 15.9. The van der Waals surface area contributed by atoms with E-state index in [-0.39, 0.29) is 18.5 Å². The minimum Gasteiger partial charge on any atom is -0.396 e. The number of aliphatic hydroxyl groups is 1. The zero-order valence-electron chi connectivity index (χ0n) is 9.60. The Morgan fingerprint density at radius 1 is 1.53 bits per heavy atom. The number of rotatable bonds is 5. The quantitative estimate of drug-likeness (QED) is 0.827. The van der Waals surface area contributed by atoms with E-state index in [2.05, 4.69) is 15.4 Å². The number of aromatic nitrogens is 3. The molecule has 0 aliphatic rings. The molecule has 92 valence electrons. The number of fused-ring (bicyclic) bond motifs is 1. The van der Waals surface area contributed by atoms with Gasteiger partial charge in [-0.3, -0.25) is 0 Å². The number of pyridine rings is 1. The van der Waals surface area contributed by atoms with Crippen molar-refractivity contribution < 1.29 is 9.50 Å². The summed E-state index contributed by atoms with van der Waals surface area (Å²) >= 11 is 0. The van der Waals surface area contributed by atoms with Crippen molar-refractivity contribution in [3.63, 3.8) is 0 Å². The van der Waals surface area contributed by atoms with Gasteiger partial charge in [-0.25, -0.2) is 8.91 Å². The monoisotopic (exact) mass is 238 g/mol. The van der Waals surface area contributed by atoms with Gasteiger partial charge in [-0.05, 0) is 31.9 Å². The first-order valence-corrected chi connectivity index (χ1v) is 5.58. The number of hydrogen-bond acceptors (Lipinski definition) is 4. The molecule has 5 nitrogen and oxygen atoms in total. The summed E-state index contributed by atoms with van der Waals surface area (Å²) in [4.78, 5) is 4.21. The Balaban J connectivity index is 2.08. The number of halogens is 1. The lowest BCUT2D eigenvalue weighted by molar-refractivity contribution is 0.282. The Morgan fingerprint density at radius 2 is 2.35 bits per heavy atom. The summed E-state index contributed by atoms with van der Waals surface area (Å²) < 4.78 is 14.3. The van der Waals surface area contributed by atoms with Crippen LogP contribution in [0.1, 0.15) is 19.8 Å². The van der Waals surface area contributed by atoms with Crippen LogP contribution in [0.2, 0.25) is 0 Å². The van der Waals surface area contributed by atoms with E-state index in [4.69, 9.17) is 5.11 Å². The minimum absolute atomic E-state index is 0.171. The molecule has 17 heavy (non-hydrogen) atoms. The molecule has 2 aromatic rings. The Bertz CT molecular complexity index is 499. The van der Waals surface area contributed by atoms with Crippen LogP contribution in [0.15, 0.2) is 18.3 Å². The van der Waals surface area contributed by atoms with E-state index in [1.165, 1.54) is 16.8 Å². The first kappa shape index (κ1) is 11.8. The van der Waals surface area contributed by atoms with Crippen LogP contribution in [-0.2, 0) is 0 Å². The predicted octanol–water partition coefficient (Wildman–Crippen LogP) is 1.44. The van der Waals surface area contributed by atoms with Crippen molar-refractivity contribution in [2.75, 3.05) is 11.9 Å². The van der Waals surface area contributed by atoms with Crippen LogP contribution in [0.5, 0.6) is 0 Å². The largest absolute Gasteiger partial charge is 0.396 e. The molecule has 2 heterocycles. The summed E-state index contributed by atoms with van der Waals surface area (Å²) in [6.45, 7) is 2.16. The first-order chi connectivity index (χ1) is 8.19. The van der Waals surface area contributed by atoms with Crippen molar-refractivity contribution >= 4 is 11.6 Å². The van der Waals surface area contributed by atoms with Crippen LogP contribution in [0.4, 0.5) is 10.3 Å². The van der Waals surface area contributed by atoms with Crippen LogP contribution in [0, 0.1) is 5.82 Å². The third kappa shape index (κ3) is 2.91. The van der Waals surface area contributed by atoms with Gasteiger partial charge in [-0.15, -0.1) is 5.10 Å². The molecule has 0 spiro atoms. The molecule has 2 N–H and O–H groups in total. The van der Waals surface area contributed by atoms with Gasteiger partial charge in [0.05, 0.1) is 6.20 Å². The van der Waals surface area contributed by atoms with Gasteiger partial charge in [0.25, 0.3) is 0 Å². The molecule has 0 fully saturated rings. The number of nitrogens with one attached hydrogen (secondary N) is 1. The maximum atomic E-state index is 12.9. The lowest BCUT2D eigenvalue weighted by Crippen LogP contribution is -2.16. The number of nitrogens with zero attached hydrogens (tertiary/aromatic N) is 3.